The van der Waals surface area contributed by atoms with Gasteiger partial charge in [0.1, 0.15) is 16.9 Å². The van der Waals surface area contributed by atoms with E-state index in [1.54, 1.807) is 28.0 Å². The number of rotatable bonds is 4. The van der Waals surface area contributed by atoms with Crippen LogP contribution in [0.5, 0.6) is 0 Å². The van der Waals surface area contributed by atoms with Crippen molar-refractivity contribution in [2.24, 2.45) is 0 Å². The van der Waals surface area contributed by atoms with Gasteiger partial charge >= 0.3 is 11.9 Å². The fraction of sp³-hybridized carbons (Fsp3) is 0.310. The molecule has 0 saturated carbocycles. The Morgan fingerprint density at radius 1 is 1.29 bits per heavy atom. The molecule has 4 heterocycles. The van der Waals surface area contributed by atoms with E-state index in [1.807, 2.05) is 6.92 Å². The van der Waals surface area contributed by atoms with Crippen molar-refractivity contribution in [2.45, 2.75) is 30.5 Å². The van der Waals surface area contributed by atoms with Gasteiger partial charge in [0.05, 0.1) is 16.6 Å². The highest BCUT2D eigenvalue weighted by atomic mass is 32.2. The highest BCUT2D eigenvalue weighted by molar-refractivity contribution is 7.99. The number of amides is 1. The van der Waals surface area contributed by atoms with E-state index in [9.17, 15) is 14.9 Å². The van der Waals surface area contributed by atoms with Crippen LogP contribution in [0.4, 0.5) is 24.0 Å². The van der Waals surface area contributed by atoms with Crippen molar-refractivity contribution in [1.29, 1.82) is 5.26 Å². The Bertz CT molecular complexity index is 1880. The lowest BCUT2D eigenvalue weighted by atomic mass is 9.92. The van der Waals surface area contributed by atoms with Crippen LogP contribution in [-0.2, 0) is 11.0 Å². The Kier molecular flexibility index (Phi) is 6.93. The standard InChI is InChI=1S/C29H25F3N6O2S2/c1-3-15-14-41-25-23(16-6-5-7-20-22(16)18(13-33)26(34)42-20)19(29(30,31)32)12-17-24(25)38(15)28(40)35-27(17)37-10-8-36(9-11-37)21(39)4-2/h4-7,12,15H,2-3,8-11,14,34H2,1H3. The summed E-state index contributed by atoms with van der Waals surface area (Å²) in [6.07, 6.45) is -2.94. The van der Waals surface area contributed by atoms with Crippen molar-refractivity contribution in [3.05, 3.63) is 58.5 Å². The summed E-state index contributed by atoms with van der Waals surface area (Å²) in [5, 5.41) is 10.7. The van der Waals surface area contributed by atoms with E-state index >= 15 is 13.2 Å². The molecule has 1 amide bonds. The average Bonchev–Trinajstić information content (AvgIpc) is 3.32. The molecule has 2 N–H and O–H groups in total. The number of alkyl halides is 3. The number of fused-ring (bicyclic) bond motifs is 1. The molecule has 2 aromatic carbocycles. The zero-order valence-electron chi connectivity index (χ0n) is 22.5. The number of nitrogens with zero attached hydrogens (tertiary/aromatic N) is 5. The number of benzene rings is 2. The number of piperazine rings is 1. The minimum atomic E-state index is -4.76. The molecule has 2 aliphatic rings. The Labute approximate surface area is 246 Å². The lowest BCUT2D eigenvalue weighted by molar-refractivity contribution is -0.137. The maximum Gasteiger partial charge on any atom is 0.417 e. The van der Waals surface area contributed by atoms with E-state index in [1.165, 1.54) is 22.4 Å². The monoisotopic (exact) mass is 610 g/mol. The van der Waals surface area contributed by atoms with Crippen LogP contribution in [0.1, 0.15) is 30.5 Å². The number of hydrogen-bond acceptors (Lipinski definition) is 8. The first-order valence-corrected chi connectivity index (χ1v) is 15.1. The molecule has 2 aliphatic heterocycles. The Balaban J connectivity index is 1.69. The minimum absolute atomic E-state index is 0.0684. The SMILES string of the molecule is C=CC(=O)N1CCN(c2nc(=O)n3c4c(c(-c5cccc6sc(N)c(C#N)c56)c(C(F)(F)F)cc24)SCC3CC)CC1. The molecule has 42 heavy (non-hydrogen) atoms. The van der Waals surface area contributed by atoms with E-state index in [0.717, 1.165) is 17.4 Å². The summed E-state index contributed by atoms with van der Waals surface area (Å²) >= 11 is 2.44. The van der Waals surface area contributed by atoms with Gasteiger partial charge in [0.2, 0.25) is 5.91 Å². The molecule has 1 saturated heterocycles. The van der Waals surface area contributed by atoms with Gasteiger partial charge in [0.15, 0.2) is 0 Å². The quantitative estimate of drug-likeness (QED) is 0.298. The van der Waals surface area contributed by atoms with Gasteiger partial charge in [-0.2, -0.15) is 23.4 Å². The Morgan fingerprint density at radius 3 is 2.67 bits per heavy atom. The molecule has 2 aromatic heterocycles. The lowest BCUT2D eigenvalue weighted by Gasteiger charge is -2.36. The summed E-state index contributed by atoms with van der Waals surface area (Å²) in [5.41, 5.74) is 5.42. The largest absolute Gasteiger partial charge is 0.417 e. The van der Waals surface area contributed by atoms with Crippen LogP contribution in [0.25, 0.3) is 32.1 Å². The predicted molar refractivity (Wildman–Crippen MR) is 160 cm³/mol. The van der Waals surface area contributed by atoms with E-state index in [-0.39, 0.29) is 44.8 Å². The summed E-state index contributed by atoms with van der Waals surface area (Å²) in [6.45, 7) is 6.68. The second-order valence-electron chi connectivity index (χ2n) is 10.1. The van der Waals surface area contributed by atoms with E-state index < -0.39 is 17.4 Å². The zero-order valence-corrected chi connectivity index (χ0v) is 24.1. The first-order chi connectivity index (χ1) is 20.1. The van der Waals surface area contributed by atoms with Crippen LogP contribution >= 0.6 is 23.1 Å². The van der Waals surface area contributed by atoms with Crippen molar-refractivity contribution in [3.8, 4) is 17.2 Å². The molecular formula is C29H25F3N6O2S2. The first kappa shape index (κ1) is 28.1. The van der Waals surface area contributed by atoms with Crippen molar-refractivity contribution in [2.75, 3.05) is 42.6 Å². The fourth-order valence-corrected chi connectivity index (χ4v) is 8.28. The lowest BCUT2D eigenvalue weighted by Crippen LogP contribution is -2.49. The van der Waals surface area contributed by atoms with Gasteiger partial charge in [0.25, 0.3) is 0 Å². The molecule has 0 aliphatic carbocycles. The molecule has 0 bridgehead atoms. The van der Waals surface area contributed by atoms with Gasteiger partial charge in [0, 0.05) is 63.9 Å². The number of nitrogen functional groups attached to an aromatic ring is 1. The van der Waals surface area contributed by atoms with Crippen LogP contribution in [0, 0.1) is 11.3 Å². The molecule has 13 heteroatoms. The molecule has 0 radical (unpaired) electrons. The number of thioether (sulfide) groups is 1. The third kappa shape index (κ3) is 4.32. The van der Waals surface area contributed by atoms with Crippen molar-refractivity contribution in [1.82, 2.24) is 14.5 Å². The number of halogens is 3. The number of nitriles is 1. The fourth-order valence-electron chi connectivity index (χ4n) is 5.88. The second kappa shape index (κ2) is 10.4. The van der Waals surface area contributed by atoms with Crippen LogP contribution in [0.3, 0.4) is 0 Å². The van der Waals surface area contributed by atoms with Gasteiger partial charge < -0.3 is 15.5 Å². The predicted octanol–water partition coefficient (Wildman–Crippen LogP) is 5.64. The first-order valence-electron chi connectivity index (χ1n) is 13.3. The number of nitrogens with two attached hydrogens (primary N) is 1. The second-order valence-corrected chi connectivity index (χ2v) is 12.2. The summed E-state index contributed by atoms with van der Waals surface area (Å²) in [5.74, 6) is 0.331. The van der Waals surface area contributed by atoms with Gasteiger partial charge in [-0.3, -0.25) is 9.36 Å². The van der Waals surface area contributed by atoms with Crippen LogP contribution in [0.15, 0.2) is 46.6 Å². The molecule has 8 nitrogen and oxygen atoms in total. The summed E-state index contributed by atoms with van der Waals surface area (Å²) < 4.78 is 47.2. The molecule has 0 spiro atoms. The number of anilines is 2. The molecular weight excluding hydrogens is 585 g/mol. The molecule has 1 unspecified atom stereocenters. The minimum Gasteiger partial charge on any atom is -0.389 e. The summed E-state index contributed by atoms with van der Waals surface area (Å²) in [4.78, 5) is 33.8. The van der Waals surface area contributed by atoms with Gasteiger partial charge in [-0.25, -0.2) is 4.79 Å². The molecule has 1 atom stereocenters. The molecule has 4 aromatic rings. The van der Waals surface area contributed by atoms with Crippen molar-refractivity contribution >= 4 is 60.8 Å². The maximum absolute atomic E-state index is 15.0. The van der Waals surface area contributed by atoms with Crippen LogP contribution < -0.4 is 16.3 Å². The normalized spacial score (nSPS) is 17.1. The average molecular weight is 611 g/mol. The van der Waals surface area contributed by atoms with Crippen molar-refractivity contribution in [3.63, 3.8) is 0 Å². The number of carbonyl (C=O) groups excluding carboxylic acids is 1. The van der Waals surface area contributed by atoms with Gasteiger partial charge in [-0.1, -0.05) is 25.6 Å². The zero-order chi connectivity index (χ0) is 29.9. The number of thiophene rings is 1. The summed E-state index contributed by atoms with van der Waals surface area (Å²) in [6, 6.07) is 7.87. The van der Waals surface area contributed by atoms with E-state index in [4.69, 9.17) is 5.73 Å². The van der Waals surface area contributed by atoms with Gasteiger partial charge in [-0.05, 0) is 30.2 Å². The smallest absolute Gasteiger partial charge is 0.389 e. The van der Waals surface area contributed by atoms with Crippen LogP contribution in [0.2, 0.25) is 0 Å². The number of aromatic nitrogens is 2. The number of hydrogen-bond donors (Lipinski definition) is 1. The highest BCUT2D eigenvalue weighted by Crippen LogP contribution is 2.52. The van der Waals surface area contributed by atoms with E-state index in [0.29, 0.717) is 58.9 Å². The van der Waals surface area contributed by atoms with Gasteiger partial charge in [-0.15, -0.1) is 23.1 Å². The Morgan fingerprint density at radius 2 is 2.02 bits per heavy atom. The number of carbonyl (C=O) groups is 1. The molecule has 1 fully saturated rings. The maximum atomic E-state index is 15.0. The molecule has 6 rings (SSSR count). The summed E-state index contributed by atoms with van der Waals surface area (Å²) in [7, 11) is 0. The highest BCUT2D eigenvalue weighted by Gasteiger charge is 2.40. The third-order valence-corrected chi connectivity index (χ3v) is 10.1. The van der Waals surface area contributed by atoms with Crippen LogP contribution in [-0.4, -0.2) is 52.3 Å². The van der Waals surface area contributed by atoms with E-state index in [2.05, 4.69) is 17.6 Å². The third-order valence-electron chi connectivity index (χ3n) is 7.90. The Hall–Kier alpha value is -4.02. The topological polar surface area (TPSA) is 108 Å². The van der Waals surface area contributed by atoms with Crippen molar-refractivity contribution < 1.29 is 18.0 Å². The molecule has 216 valence electrons.